The van der Waals surface area contributed by atoms with Crippen molar-refractivity contribution in [2.75, 3.05) is 11.9 Å². The fourth-order valence-electron chi connectivity index (χ4n) is 4.29. The fourth-order valence-corrected chi connectivity index (χ4v) is 4.51. The zero-order chi connectivity index (χ0) is 19.5. The van der Waals surface area contributed by atoms with Crippen LogP contribution in [0.1, 0.15) is 28.5 Å². The van der Waals surface area contributed by atoms with Gasteiger partial charge in [0, 0.05) is 24.7 Å². The minimum Gasteiger partial charge on any atom is -0.347 e. The number of nitrogens with one attached hydrogen (secondary N) is 2. The van der Waals surface area contributed by atoms with Crippen LogP contribution in [0.4, 0.5) is 5.69 Å². The maximum atomic E-state index is 13.5. The molecular formula is C21H17N3O3S. The molecule has 1 spiro atoms. The maximum absolute atomic E-state index is 13.5. The smallest absolute Gasteiger partial charge is 0.268 e. The molecule has 0 unspecified atom stereocenters. The number of rotatable bonds is 1. The van der Waals surface area contributed by atoms with Crippen LogP contribution in [0.15, 0.2) is 59.4 Å². The lowest BCUT2D eigenvalue weighted by molar-refractivity contribution is -0.148. The molecule has 2 aliphatic rings. The minimum atomic E-state index is -1.51. The average Bonchev–Trinajstić information content (AvgIpc) is 2.91. The number of nitrogens with zero attached hydrogens (tertiary/aromatic N) is 1. The Labute approximate surface area is 165 Å². The Bertz CT molecular complexity index is 1220. The van der Waals surface area contributed by atoms with Crippen molar-refractivity contribution in [2.45, 2.75) is 18.1 Å². The van der Waals surface area contributed by atoms with Crippen LogP contribution < -0.4 is 10.5 Å². The van der Waals surface area contributed by atoms with Gasteiger partial charge < -0.3 is 14.6 Å². The highest BCUT2D eigenvalue weighted by molar-refractivity contribution is 7.71. The number of carbonyl (C=O) groups is 1. The summed E-state index contributed by atoms with van der Waals surface area (Å²) in [6.45, 7) is 0. The number of ether oxygens (including phenoxy) is 1. The summed E-state index contributed by atoms with van der Waals surface area (Å²) in [7, 11) is 1.70. The average molecular weight is 391 g/mol. The predicted octanol–water partition coefficient (Wildman–Crippen LogP) is 2.97. The lowest BCUT2D eigenvalue weighted by Gasteiger charge is -2.38. The summed E-state index contributed by atoms with van der Waals surface area (Å²) in [5, 5.41) is 0. The van der Waals surface area contributed by atoms with Crippen LogP contribution in [0, 0.1) is 4.77 Å². The molecule has 2 N–H and O–H groups in total. The van der Waals surface area contributed by atoms with Crippen molar-refractivity contribution in [2.24, 2.45) is 0 Å². The van der Waals surface area contributed by atoms with Gasteiger partial charge in [0.2, 0.25) is 5.60 Å². The summed E-state index contributed by atoms with van der Waals surface area (Å²) in [4.78, 5) is 33.7. The van der Waals surface area contributed by atoms with Crippen LogP contribution >= 0.6 is 12.2 Å². The number of benzene rings is 2. The van der Waals surface area contributed by atoms with Crippen molar-refractivity contribution in [1.82, 2.24) is 9.97 Å². The second kappa shape index (κ2) is 5.98. The summed E-state index contributed by atoms with van der Waals surface area (Å²) < 4.78 is 6.75. The fraction of sp³-hybridized carbons (Fsp3) is 0.190. The highest BCUT2D eigenvalue weighted by Crippen LogP contribution is 2.51. The number of aromatic amines is 2. The van der Waals surface area contributed by atoms with E-state index in [-0.39, 0.29) is 16.2 Å². The standard InChI is InChI=1S/C21H17N3O3S/c1-24-15-10-6-5-9-13(15)21(19(24)26)17-14(22-20(28)23-18(17)25)11-16(27-21)12-7-3-2-4-8-12/h2-10,16H,11H2,1H3,(H2,22,23,25,28)/t16-,21-/m0/s1. The van der Waals surface area contributed by atoms with E-state index in [1.54, 1.807) is 11.9 Å². The van der Waals surface area contributed by atoms with Gasteiger partial charge in [0.15, 0.2) is 4.77 Å². The molecule has 3 aromatic rings. The lowest BCUT2D eigenvalue weighted by atomic mass is 9.82. The van der Waals surface area contributed by atoms with Crippen LogP contribution in [0.2, 0.25) is 0 Å². The number of hydrogen-bond donors (Lipinski definition) is 2. The Morgan fingerprint density at radius 3 is 2.57 bits per heavy atom. The summed E-state index contributed by atoms with van der Waals surface area (Å²) in [6.07, 6.45) is 0.0260. The van der Waals surface area contributed by atoms with Gasteiger partial charge in [-0.3, -0.25) is 14.6 Å². The second-order valence-electron chi connectivity index (χ2n) is 7.05. The van der Waals surface area contributed by atoms with Crippen LogP contribution in [0.3, 0.4) is 0 Å². The van der Waals surface area contributed by atoms with Gasteiger partial charge >= 0.3 is 0 Å². The van der Waals surface area contributed by atoms with Crippen LogP contribution in [0.5, 0.6) is 0 Å². The van der Waals surface area contributed by atoms with E-state index in [0.29, 0.717) is 17.7 Å². The van der Waals surface area contributed by atoms with Crippen molar-refractivity contribution in [3.05, 3.63) is 92.1 Å². The van der Waals surface area contributed by atoms with Crippen LogP contribution in [-0.2, 0) is 21.6 Å². The number of amides is 1. The molecule has 2 aromatic carbocycles. The highest BCUT2D eigenvalue weighted by atomic mass is 32.1. The molecule has 0 bridgehead atoms. The maximum Gasteiger partial charge on any atom is 0.268 e. The quantitative estimate of drug-likeness (QED) is 0.625. The van der Waals surface area contributed by atoms with Gasteiger partial charge in [0.05, 0.1) is 17.4 Å². The van der Waals surface area contributed by atoms with E-state index in [9.17, 15) is 9.59 Å². The summed E-state index contributed by atoms with van der Waals surface area (Å²) in [6, 6.07) is 17.1. The summed E-state index contributed by atoms with van der Waals surface area (Å²) >= 11 is 5.19. The van der Waals surface area contributed by atoms with E-state index in [0.717, 1.165) is 11.3 Å². The lowest BCUT2D eigenvalue weighted by Crippen LogP contribution is -2.50. The predicted molar refractivity (Wildman–Crippen MR) is 107 cm³/mol. The van der Waals surface area contributed by atoms with Crippen molar-refractivity contribution >= 4 is 23.8 Å². The Balaban J connectivity index is 1.84. The molecule has 5 rings (SSSR count). The molecule has 3 heterocycles. The summed E-state index contributed by atoms with van der Waals surface area (Å²) in [5.41, 5.74) is 1.35. The molecule has 0 radical (unpaired) electrons. The number of fused-ring (bicyclic) bond motifs is 4. The van der Waals surface area contributed by atoms with E-state index in [1.807, 2.05) is 54.6 Å². The van der Waals surface area contributed by atoms with E-state index < -0.39 is 17.3 Å². The number of H-pyrrole nitrogens is 2. The second-order valence-corrected chi connectivity index (χ2v) is 7.45. The highest BCUT2D eigenvalue weighted by Gasteiger charge is 2.58. The monoisotopic (exact) mass is 391 g/mol. The Hall–Kier alpha value is -3.03. The van der Waals surface area contributed by atoms with Gasteiger partial charge in [-0.05, 0) is 23.8 Å². The van der Waals surface area contributed by atoms with Crippen molar-refractivity contribution in [3.8, 4) is 0 Å². The number of anilines is 1. The molecule has 0 fully saturated rings. The van der Waals surface area contributed by atoms with Crippen molar-refractivity contribution in [3.63, 3.8) is 0 Å². The van der Waals surface area contributed by atoms with Gasteiger partial charge in [-0.25, -0.2) is 0 Å². The summed E-state index contributed by atoms with van der Waals surface area (Å²) in [5.74, 6) is -0.286. The van der Waals surface area contributed by atoms with Crippen LogP contribution in [0.25, 0.3) is 0 Å². The van der Waals surface area contributed by atoms with Gasteiger partial charge in [-0.1, -0.05) is 48.5 Å². The molecule has 0 saturated heterocycles. The molecule has 0 saturated carbocycles. The van der Waals surface area contributed by atoms with E-state index in [4.69, 9.17) is 17.0 Å². The van der Waals surface area contributed by atoms with E-state index in [2.05, 4.69) is 9.97 Å². The third kappa shape index (κ3) is 2.20. The molecule has 6 nitrogen and oxygen atoms in total. The van der Waals surface area contributed by atoms with Crippen LogP contribution in [-0.4, -0.2) is 22.9 Å². The third-order valence-corrected chi connectivity index (χ3v) is 5.71. The Morgan fingerprint density at radius 2 is 1.79 bits per heavy atom. The molecule has 1 amide bonds. The number of para-hydroxylation sites is 1. The van der Waals surface area contributed by atoms with Crippen molar-refractivity contribution in [1.29, 1.82) is 0 Å². The molecule has 28 heavy (non-hydrogen) atoms. The Morgan fingerprint density at radius 1 is 1.07 bits per heavy atom. The van der Waals surface area contributed by atoms with Gasteiger partial charge in [-0.2, -0.15) is 0 Å². The first-order valence-electron chi connectivity index (χ1n) is 8.99. The first-order valence-corrected chi connectivity index (χ1v) is 9.39. The zero-order valence-corrected chi connectivity index (χ0v) is 15.9. The number of carbonyl (C=O) groups excluding carboxylic acids is 1. The molecular weight excluding hydrogens is 374 g/mol. The van der Waals surface area contributed by atoms with Gasteiger partial charge in [0.25, 0.3) is 11.5 Å². The van der Waals surface area contributed by atoms with E-state index >= 15 is 0 Å². The third-order valence-electron chi connectivity index (χ3n) is 5.50. The molecule has 1 aromatic heterocycles. The van der Waals surface area contributed by atoms with Crippen molar-refractivity contribution < 1.29 is 9.53 Å². The number of hydrogen-bond acceptors (Lipinski definition) is 4. The zero-order valence-electron chi connectivity index (χ0n) is 15.1. The van der Waals surface area contributed by atoms with Gasteiger partial charge in [-0.15, -0.1) is 0 Å². The minimum absolute atomic E-state index is 0.236. The SMILES string of the molecule is CN1C(=O)[C@]2(O[C@H](c3ccccc3)Cc3[nH]c(=S)[nH]c(=O)c32)c2ccccc21. The largest absolute Gasteiger partial charge is 0.347 e. The first kappa shape index (κ1) is 17.1. The normalized spacial score (nSPS) is 23.0. The number of aromatic nitrogens is 2. The molecule has 140 valence electrons. The molecule has 7 heteroatoms. The Kier molecular flexibility index (Phi) is 3.65. The molecule has 2 atom stereocenters. The number of likely N-dealkylation sites (N-methyl/N-ethyl adjacent to an activating group) is 1. The van der Waals surface area contributed by atoms with E-state index in [1.165, 1.54) is 0 Å². The molecule has 2 aliphatic heterocycles. The topological polar surface area (TPSA) is 78.2 Å². The van der Waals surface area contributed by atoms with Gasteiger partial charge in [0.1, 0.15) is 0 Å². The molecule has 0 aliphatic carbocycles. The first-order chi connectivity index (χ1) is 13.5.